The number of likely N-dealkylation sites (N-methyl/N-ethyl adjacent to an activating group) is 1. The number of methoxy groups -OCH3 is 1. The van der Waals surface area contributed by atoms with E-state index in [1.807, 2.05) is 43.9 Å². The van der Waals surface area contributed by atoms with Gasteiger partial charge < -0.3 is 40.1 Å². The number of hydrogen-bond acceptors (Lipinski definition) is 12. The number of carbonyl (C=O) groups is 6. The Bertz CT molecular complexity index is 2250. The number of carbonyl (C=O) groups excluding carboxylic acids is 6. The number of aldehydes is 1. The molecule has 336 valence electrons. The molecule has 0 radical (unpaired) electrons. The van der Waals surface area contributed by atoms with E-state index in [2.05, 4.69) is 32.3 Å². The normalized spacial score (nSPS) is 19.3. The monoisotopic (exact) mass is 864 g/mol. The largest absolute Gasteiger partial charge is 0.496 e. The molecular weight excluding hydrogens is 805 g/mol. The van der Waals surface area contributed by atoms with Crippen molar-refractivity contribution in [3.05, 3.63) is 82.2 Å². The Morgan fingerprint density at radius 2 is 1.79 bits per heavy atom. The van der Waals surface area contributed by atoms with Gasteiger partial charge in [0.05, 0.1) is 35.7 Å². The lowest BCUT2D eigenvalue weighted by atomic mass is 9.95. The van der Waals surface area contributed by atoms with Crippen LogP contribution in [0.3, 0.4) is 0 Å². The number of allylic oxidation sites excluding steroid dienone is 3. The molecule has 16 nitrogen and oxygen atoms in total. The van der Waals surface area contributed by atoms with Crippen LogP contribution in [-0.2, 0) is 20.9 Å². The predicted molar refractivity (Wildman–Crippen MR) is 241 cm³/mol. The van der Waals surface area contributed by atoms with Gasteiger partial charge in [0, 0.05) is 100.0 Å². The standard InChI is InChI=1S/C47H60N8O8/c1-8-29(4)10-9-15-49-30(5)37(22-48)44(58)50-38-19-32-26-55(46(60)36(32)21-40(38)63-28(2)3)34-13-16-53(17-14-34)23-31-24-54(25-31)35-18-33(27-56)43(41(20-35)62-7)47(61)52(6)39-11-12-42(57)51-45(39)59/h9-10,15,18-22,27-28,31,34,39H,8,11-14,16-17,23-26,48H2,1-7H3,(H,50,58)(H,51,57,59)/b15-9-,29-10+,37-22+,49-30-. The van der Waals surface area contributed by atoms with Crippen molar-refractivity contribution in [2.45, 2.75) is 91.5 Å². The molecule has 1 unspecified atom stereocenters. The zero-order valence-corrected chi connectivity index (χ0v) is 37.4. The maximum absolute atomic E-state index is 13.9. The van der Waals surface area contributed by atoms with Crippen molar-refractivity contribution < 1.29 is 38.2 Å². The van der Waals surface area contributed by atoms with Gasteiger partial charge in [-0.3, -0.25) is 39.1 Å². The van der Waals surface area contributed by atoms with E-state index in [4.69, 9.17) is 15.2 Å². The Labute approximate surface area is 369 Å². The second-order valence-corrected chi connectivity index (χ2v) is 17.0. The first-order chi connectivity index (χ1) is 30.1. The molecule has 2 aromatic carbocycles. The van der Waals surface area contributed by atoms with Gasteiger partial charge in [-0.05, 0) is 83.2 Å². The van der Waals surface area contributed by atoms with E-state index in [0.717, 1.165) is 63.2 Å². The maximum Gasteiger partial charge on any atom is 0.259 e. The molecule has 4 N–H and O–H groups in total. The minimum absolute atomic E-state index is 0.0466. The lowest BCUT2D eigenvalue weighted by molar-refractivity contribution is -0.136. The topological polar surface area (TPSA) is 196 Å². The van der Waals surface area contributed by atoms with Crippen LogP contribution in [0.2, 0.25) is 0 Å². The minimum atomic E-state index is -0.838. The smallest absolute Gasteiger partial charge is 0.259 e. The van der Waals surface area contributed by atoms with Crippen molar-refractivity contribution in [1.29, 1.82) is 0 Å². The van der Waals surface area contributed by atoms with Crippen LogP contribution >= 0.6 is 0 Å². The maximum atomic E-state index is 13.9. The molecule has 0 spiro atoms. The average molecular weight is 865 g/mol. The fraction of sp³-hybridized carbons (Fsp3) is 0.468. The lowest BCUT2D eigenvalue weighted by Gasteiger charge is -2.45. The summed E-state index contributed by atoms with van der Waals surface area (Å²) in [4.78, 5) is 89.6. The number of piperidine rings is 2. The van der Waals surface area contributed by atoms with Gasteiger partial charge in [0.15, 0.2) is 6.29 Å². The van der Waals surface area contributed by atoms with Crippen LogP contribution in [0.15, 0.2) is 65.0 Å². The van der Waals surface area contributed by atoms with Crippen molar-refractivity contribution in [2.75, 3.05) is 57.1 Å². The number of nitrogens with one attached hydrogen (secondary N) is 2. The Hall–Kier alpha value is -6.29. The molecule has 4 aliphatic rings. The van der Waals surface area contributed by atoms with Gasteiger partial charge >= 0.3 is 0 Å². The summed E-state index contributed by atoms with van der Waals surface area (Å²) in [5.74, 6) is -0.923. The van der Waals surface area contributed by atoms with Gasteiger partial charge in [-0.2, -0.15) is 0 Å². The zero-order chi connectivity index (χ0) is 45.5. The molecule has 0 aliphatic carbocycles. The highest BCUT2D eigenvalue weighted by molar-refractivity contribution is 6.25. The van der Waals surface area contributed by atoms with Crippen molar-refractivity contribution in [3.63, 3.8) is 0 Å². The number of benzene rings is 2. The third kappa shape index (κ3) is 10.5. The molecule has 4 heterocycles. The van der Waals surface area contributed by atoms with Crippen molar-refractivity contribution >= 4 is 52.9 Å². The number of fused-ring (bicyclic) bond motifs is 1. The summed E-state index contributed by atoms with van der Waals surface area (Å²) in [7, 11) is 2.92. The lowest BCUT2D eigenvalue weighted by Crippen LogP contribution is -2.54. The predicted octanol–water partition coefficient (Wildman–Crippen LogP) is 4.84. The van der Waals surface area contributed by atoms with Crippen molar-refractivity contribution in [3.8, 4) is 11.5 Å². The van der Waals surface area contributed by atoms with Gasteiger partial charge in [0.2, 0.25) is 11.8 Å². The fourth-order valence-electron chi connectivity index (χ4n) is 8.54. The highest BCUT2D eigenvalue weighted by Gasteiger charge is 2.38. The summed E-state index contributed by atoms with van der Waals surface area (Å²) in [5, 5.41) is 5.23. The Balaban J connectivity index is 1.04. The molecule has 2 aromatic rings. The molecule has 6 rings (SSSR count). The Morgan fingerprint density at radius 1 is 1.06 bits per heavy atom. The van der Waals surface area contributed by atoms with E-state index < -0.39 is 23.8 Å². The molecule has 4 aliphatic heterocycles. The number of nitrogens with zero attached hydrogens (tertiary/aromatic N) is 5. The number of imide groups is 1. The second-order valence-electron chi connectivity index (χ2n) is 17.0. The summed E-state index contributed by atoms with van der Waals surface area (Å²) in [6, 6.07) is 6.22. The molecule has 0 bridgehead atoms. The van der Waals surface area contributed by atoms with E-state index >= 15 is 0 Å². The molecule has 3 saturated heterocycles. The number of ether oxygens (including phenoxy) is 2. The fourth-order valence-corrected chi connectivity index (χ4v) is 8.54. The highest BCUT2D eigenvalue weighted by Crippen LogP contribution is 2.38. The first-order valence-corrected chi connectivity index (χ1v) is 21.7. The van der Waals surface area contributed by atoms with Crippen LogP contribution in [0.5, 0.6) is 11.5 Å². The number of nitrogens with two attached hydrogens (primary N) is 1. The van der Waals surface area contributed by atoms with E-state index in [1.165, 1.54) is 30.8 Å². The van der Waals surface area contributed by atoms with Crippen molar-refractivity contribution in [2.24, 2.45) is 16.6 Å². The molecule has 16 heteroatoms. The van der Waals surface area contributed by atoms with E-state index in [1.54, 1.807) is 31.3 Å². The van der Waals surface area contributed by atoms with Gasteiger partial charge in [-0.25, -0.2) is 0 Å². The van der Waals surface area contributed by atoms with Gasteiger partial charge in [0.25, 0.3) is 17.7 Å². The first-order valence-electron chi connectivity index (χ1n) is 21.7. The van der Waals surface area contributed by atoms with Crippen LogP contribution in [0, 0.1) is 5.92 Å². The average Bonchev–Trinajstić information content (AvgIpc) is 3.56. The number of likely N-dealkylation sites (tertiary alicyclic amines) is 1. The van der Waals surface area contributed by atoms with E-state index in [-0.39, 0.29) is 59.3 Å². The van der Waals surface area contributed by atoms with Crippen LogP contribution in [-0.4, -0.2) is 121 Å². The molecule has 1 atom stereocenters. The summed E-state index contributed by atoms with van der Waals surface area (Å²) in [6.07, 6.45) is 9.98. The minimum Gasteiger partial charge on any atom is -0.496 e. The molecule has 63 heavy (non-hydrogen) atoms. The van der Waals surface area contributed by atoms with Gasteiger partial charge in [-0.15, -0.1) is 0 Å². The molecule has 0 aromatic heterocycles. The van der Waals surface area contributed by atoms with Gasteiger partial charge in [0.1, 0.15) is 17.5 Å². The van der Waals surface area contributed by atoms with Crippen LogP contribution in [0.4, 0.5) is 11.4 Å². The number of rotatable bonds is 16. The summed E-state index contributed by atoms with van der Waals surface area (Å²) < 4.78 is 11.7. The van der Waals surface area contributed by atoms with Crippen LogP contribution in [0.1, 0.15) is 103 Å². The van der Waals surface area contributed by atoms with E-state index in [9.17, 15) is 28.8 Å². The number of aliphatic imine (C=N–C) groups is 1. The molecule has 0 saturated carbocycles. The Kier molecular flexibility index (Phi) is 14.9. The van der Waals surface area contributed by atoms with Crippen molar-refractivity contribution in [1.82, 2.24) is 20.0 Å². The SMILES string of the molecule is CC/C(C)=C/C=C\N=C(C)/C(=C\N)C(=O)Nc1cc2c(cc1OC(C)C)C(=O)N(C1CCN(CC3CN(c4cc(C=O)c(C(=O)N(C)C5CCC(=O)NC5=O)c(OC)c4)C3)CC1)C2. The summed E-state index contributed by atoms with van der Waals surface area (Å²) in [5.41, 5.74) is 10.6. The quantitative estimate of drug-likeness (QED) is 0.0687. The van der Waals surface area contributed by atoms with Crippen LogP contribution < -0.4 is 30.7 Å². The third-order valence-corrected chi connectivity index (χ3v) is 12.3. The number of hydrogen-bond donors (Lipinski definition) is 3. The summed E-state index contributed by atoms with van der Waals surface area (Å²) >= 11 is 0. The third-order valence-electron chi connectivity index (χ3n) is 12.3. The number of amides is 5. The molecular formula is C47H60N8O8. The number of anilines is 2. The summed E-state index contributed by atoms with van der Waals surface area (Å²) in [6.45, 7) is 14.1. The second kappa shape index (κ2) is 20.3. The zero-order valence-electron chi connectivity index (χ0n) is 37.4. The molecule has 3 fully saturated rings. The molecule has 5 amide bonds. The van der Waals surface area contributed by atoms with Gasteiger partial charge in [-0.1, -0.05) is 18.6 Å². The highest BCUT2D eigenvalue weighted by atomic mass is 16.5. The van der Waals surface area contributed by atoms with Crippen LogP contribution in [0.25, 0.3) is 0 Å². The Morgan fingerprint density at radius 3 is 2.43 bits per heavy atom. The first kappa shape index (κ1) is 46.2. The van der Waals surface area contributed by atoms with E-state index in [0.29, 0.717) is 41.5 Å².